The predicted molar refractivity (Wildman–Crippen MR) is 77.2 cm³/mol. The van der Waals surface area contributed by atoms with Gasteiger partial charge in [-0.05, 0) is 51.8 Å². The minimum Gasteiger partial charge on any atom is -0.382 e. The SMILES string of the molecule is CC(C)N1CCCC(Nc2ccnc(Cl)c2)CC1. The maximum Gasteiger partial charge on any atom is 0.131 e. The van der Waals surface area contributed by atoms with Gasteiger partial charge in [-0.2, -0.15) is 0 Å². The highest BCUT2D eigenvalue weighted by Crippen LogP contribution is 2.19. The third-order valence-electron chi connectivity index (χ3n) is 3.59. The number of aromatic nitrogens is 1. The Kier molecular flexibility index (Phi) is 4.84. The Morgan fingerprint density at radius 1 is 1.39 bits per heavy atom. The molecule has 1 aromatic rings. The number of hydrogen-bond donors (Lipinski definition) is 1. The molecule has 0 radical (unpaired) electrons. The first-order valence-electron chi connectivity index (χ1n) is 6.77. The summed E-state index contributed by atoms with van der Waals surface area (Å²) in [4.78, 5) is 6.56. The zero-order valence-corrected chi connectivity index (χ0v) is 12.0. The van der Waals surface area contributed by atoms with E-state index in [0.717, 1.165) is 5.69 Å². The maximum atomic E-state index is 5.90. The first-order valence-corrected chi connectivity index (χ1v) is 7.15. The van der Waals surface area contributed by atoms with Gasteiger partial charge in [0.15, 0.2) is 0 Å². The molecule has 1 aliphatic rings. The van der Waals surface area contributed by atoms with Gasteiger partial charge in [0.05, 0.1) is 0 Å². The molecule has 0 aromatic carbocycles. The van der Waals surface area contributed by atoms with Crippen LogP contribution in [0.4, 0.5) is 5.69 Å². The molecule has 4 heteroatoms. The topological polar surface area (TPSA) is 28.2 Å². The van der Waals surface area contributed by atoms with Crippen LogP contribution >= 0.6 is 11.6 Å². The Morgan fingerprint density at radius 2 is 2.22 bits per heavy atom. The summed E-state index contributed by atoms with van der Waals surface area (Å²) in [6.45, 7) is 6.94. The zero-order chi connectivity index (χ0) is 13.0. The molecule has 1 aliphatic heterocycles. The highest BCUT2D eigenvalue weighted by atomic mass is 35.5. The summed E-state index contributed by atoms with van der Waals surface area (Å²) in [5, 5.41) is 4.12. The molecule has 1 atom stereocenters. The molecule has 1 fully saturated rings. The largest absolute Gasteiger partial charge is 0.382 e. The van der Waals surface area contributed by atoms with Crippen molar-refractivity contribution in [1.29, 1.82) is 0 Å². The van der Waals surface area contributed by atoms with Crippen LogP contribution in [0.1, 0.15) is 33.1 Å². The Balaban J connectivity index is 1.91. The summed E-state index contributed by atoms with van der Waals surface area (Å²) in [7, 11) is 0. The number of likely N-dealkylation sites (tertiary alicyclic amines) is 1. The average molecular weight is 268 g/mol. The van der Waals surface area contributed by atoms with Crippen molar-refractivity contribution in [3.8, 4) is 0 Å². The highest BCUT2D eigenvalue weighted by molar-refractivity contribution is 6.29. The number of rotatable bonds is 3. The fourth-order valence-electron chi connectivity index (χ4n) is 2.51. The zero-order valence-electron chi connectivity index (χ0n) is 11.2. The Bertz CT molecular complexity index is 381. The molecule has 100 valence electrons. The van der Waals surface area contributed by atoms with Gasteiger partial charge in [-0.3, -0.25) is 0 Å². The van der Waals surface area contributed by atoms with Crippen LogP contribution in [0.2, 0.25) is 5.15 Å². The number of anilines is 1. The van der Waals surface area contributed by atoms with Crippen molar-refractivity contribution in [2.45, 2.75) is 45.2 Å². The summed E-state index contributed by atoms with van der Waals surface area (Å²) < 4.78 is 0. The lowest BCUT2D eigenvalue weighted by Gasteiger charge is -2.24. The summed E-state index contributed by atoms with van der Waals surface area (Å²) in [5.74, 6) is 0. The lowest BCUT2D eigenvalue weighted by Crippen LogP contribution is -2.32. The van der Waals surface area contributed by atoms with Crippen LogP contribution in [-0.4, -0.2) is 35.1 Å². The van der Waals surface area contributed by atoms with Gasteiger partial charge in [0.1, 0.15) is 5.15 Å². The maximum absolute atomic E-state index is 5.90. The molecule has 1 saturated heterocycles. The number of halogens is 1. The van der Waals surface area contributed by atoms with Gasteiger partial charge in [-0.15, -0.1) is 0 Å². The fraction of sp³-hybridized carbons (Fsp3) is 0.643. The van der Waals surface area contributed by atoms with Gasteiger partial charge in [-0.1, -0.05) is 11.6 Å². The van der Waals surface area contributed by atoms with E-state index >= 15 is 0 Å². The molecule has 18 heavy (non-hydrogen) atoms. The summed E-state index contributed by atoms with van der Waals surface area (Å²) >= 11 is 5.90. The van der Waals surface area contributed by atoms with E-state index in [1.807, 2.05) is 12.1 Å². The summed E-state index contributed by atoms with van der Waals surface area (Å²) in [6.07, 6.45) is 5.43. The van der Waals surface area contributed by atoms with Crippen molar-refractivity contribution >= 4 is 17.3 Å². The molecule has 1 aromatic heterocycles. The third-order valence-corrected chi connectivity index (χ3v) is 3.80. The second-order valence-corrected chi connectivity index (χ2v) is 5.66. The van der Waals surface area contributed by atoms with Crippen molar-refractivity contribution in [3.05, 3.63) is 23.5 Å². The summed E-state index contributed by atoms with van der Waals surface area (Å²) in [6, 6.07) is 5.08. The van der Waals surface area contributed by atoms with Crippen LogP contribution in [0, 0.1) is 0 Å². The molecule has 2 rings (SSSR count). The number of nitrogens with zero attached hydrogens (tertiary/aromatic N) is 2. The van der Waals surface area contributed by atoms with Crippen LogP contribution in [0.3, 0.4) is 0 Å². The first kappa shape index (κ1) is 13.6. The van der Waals surface area contributed by atoms with Gasteiger partial charge < -0.3 is 10.2 Å². The molecular weight excluding hydrogens is 246 g/mol. The van der Waals surface area contributed by atoms with Crippen LogP contribution in [0.25, 0.3) is 0 Å². The van der Waals surface area contributed by atoms with Crippen molar-refractivity contribution in [2.24, 2.45) is 0 Å². The molecule has 1 unspecified atom stereocenters. The lowest BCUT2D eigenvalue weighted by atomic mass is 10.1. The van der Waals surface area contributed by atoms with E-state index in [9.17, 15) is 0 Å². The average Bonchev–Trinajstić information content (AvgIpc) is 2.55. The van der Waals surface area contributed by atoms with E-state index in [4.69, 9.17) is 11.6 Å². The standard InChI is InChI=1S/C14H22ClN3/c1-11(2)18-8-3-4-12(6-9-18)17-13-5-7-16-14(15)10-13/h5,7,10-12H,3-4,6,8-9H2,1-2H3,(H,16,17). The van der Waals surface area contributed by atoms with Gasteiger partial charge >= 0.3 is 0 Å². The molecule has 0 spiro atoms. The van der Waals surface area contributed by atoms with Crippen LogP contribution in [0.15, 0.2) is 18.3 Å². The molecule has 3 nitrogen and oxygen atoms in total. The molecule has 1 N–H and O–H groups in total. The normalized spacial score (nSPS) is 21.9. The summed E-state index contributed by atoms with van der Waals surface area (Å²) in [5.41, 5.74) is 1.08. The number of pyridine rings is 1. The molecule has 0 bridgehead atoms. The van der Waals surface area contributed by atoms with Crippen molar-refractivity contribution in [1.82, 2.24) is 9.88 Å². The second kappa shape index (κ2) is 6.39. The quantitative estimate of drug-likeness (QED) is 0.851. The van der Waals surface area contributed by atoms with Crippen molar-refractivity contribution < 1.29 is 0 Å². The Hall–Kier alpha value is -0.800. The van der Waals surface area contributed by atoms with Gasteiger partial charge in [0.2, 0.25) is 0 Å². The van der Waals surface area contributed by atoms with Gasteiger partial charge in [0, 0.05) is 30.5 Å². The molecular formula is C14H22ClN3. The van der Waals surface area contributed by atoms with E-state index in [-0.39, 0.29) is 0 Å². The van der Waals surface area contributed by atoms with E-state index in [1.54, 1.807) is 6.20 Å². The van der Waals surface area contributed by atoms with Gasteiger partial charge in [0.25, 0.3) is 0 Å². The Labute approximate surface area is 115 Å². The monoisotopic (exact) mass is 267 g/mol. The molecule has 2 heterocycles. The first-order chi connectivity index (χ1) is 8.65. The van der Waals surface area contributed by atoms with E-state index < -0.39 is 0 Å². The van der Waals surface area contributed by atoms with Crippen molar-refractivity contribution in [3.63, 3.8) is 0 Å². The Morgan fingerprint density at radius 3 is 2.94 bits per heavy atom. The minimum atomic E-state index is 0.548. The number of nitrogens with one attached hydrogen (secondary N) is 1. The lowest BCUT2D eigenvalue weighted by molar-refractivity contribution is 0.230. The molecule has 0 saturated carbocycles. The van der Waals surface area contributed by atoms with Gasteiger partial charge in [-0.25, -0.2) is 4.98 Å². The smallest absolute Gasteiger partial charge is 0.131 e. The minimum absolute atomic E-state index is 0.548. The highest BCUT2D eigenvalue weighted by Gasteiger charge is 2.18. The van der Waals surface area contributed by atoms with Crippen molar-refractivity contribution in [2.75, 3.05) is 18.4 Å². The number of hydrogen-bond acceptors (Lipinski definition) is 3. The predicted octanol–water partition coefficient (Wildman–Crippen LogP) is 3.41. The van der Waals surface area contributed by atoms with E-state index in [1.165, 1.54) is 32.4 Å². The molecule has 0 amide bonds. The fourth-order valence-corrected chi connectivity index (χ4v) is 2.68. The van der Waals surface area contributed by atoms with Crippen LogP contribution in [0.5, 0.6) is 0 Å². The van der Waals surface area contributed by atoms with Crippen LogP contribution in [-0.2, 0) is 0 Å². The second-order valence-electron chi connectivity index (χ2n) is 5.27. The molecule has 0 aliphatic carbocycles. The van der Waals surface area contributed by atoms with E-state index in [2.05, 4.69) is 29.0 Å². The van der Waals surface area contributed by atoms with Crippen LogP contribution < -0.4 is 5.32 Å². The van der Waals surface area contributed by atoms with E-state index in [0.29, 0.717) is 17.2 Å². The third kappa shape index (κ3) is 3.85.